The summed E-state index contributed by atoms with van der Waals surface area (Å²) in [5, 5.41) is 0. The van der Waals surface area contributed by atoms with Crippen LogP contribution in [0.15, 0.2) is 0 Å². The molecule has 5 heteroatoms. The molecule has 14 heavy (non-hydrogen) atoms. The summed E-state index contributed by atoms with van der Waals surface area (Å²) in [5.74, 6) is -0.0252. The van der Waals surface area contributed by atoms with E-state index in [9.17, 15) is 4.79 Å². The molecule has 0 aromatic carbocycles. The van der Waals surface area contributed by atoms with Gasteiger partial charge in [-0.25, -0.2) is 0 Å². The molecule has 0 spiro atoms. The van der Waals surface area contributed by atoms with E-state index in [4.69, 9.17) is 22.7 Å². The summed E-state index contributed by atoms with van der Waals surface area (Å²) in [6.07, 6.45) is 1.42. The average Bonchev–Trinajstić information content (AvgIpc) is 2.63. The van der Waals surface area contributed by atoms with Crippen molar-refractivity contribution in [1.82, 2.24) is 4.90 Å². The largest absolute Gasteiger partial charge is 0.392 e. The number of likely N-dealkylation sites (tertiary alicyclic amines) is 1. The van der Waals surface area contributed by atoms with Crippen LogP contribution in [0.4, 0.5) is 0 Å². The molecule has 0 aliphatic carbocycles. The molecule has 0 radical (unpaired) electrons. The van der Waals surface area contributed by atoms with Gasteiger partial charge in [0.2, 0.25) is 0 Å². The van der Waals surface area contributed by atoms with Gasteiger partial charge >= 0.3 is 0 Å². The highest BCUT2D eigenvalue weighted by atomic mass is 32.1. The third-order valence-electron chi connectivity index (χ3n) is 2.57. The van der Waals surface area contributed by atoms with Crippen molar-refractivity contribution in [2.24, 2.45) is 5.73 Å². The summed E-state index contributed by atoms with van der Waals surface area (Å²) in [5.41, 5.74) is 5.56. The van der Waals surface area contributed by atoms with E-state index >= 15 is 0 Å². The highest BCUT2D eigenvalue weighted by molar-refractivity contribution is 7.80. The Morgan fingerprint density at radius 2 is 2.36 bits per heavy atom. The van der Waals surface area contributed by atoms with Gasteiger partial charge in [-0.15, -0.1) is 0 Å². The van der Waals surface area contributed by atoms with Crippen molar-refractivity contribution in [3.05, 3.63) is 0 Å². The zero-order valence-corrected chi connectivity index (χ0v) is 9.34. The molecule has 0 bridgehead atoms. The first-order valence-corrected chi connectivity index (χ1v) is 5.11. The molecular weight excluding hydrogens is 200 g/mol. The molecular formula is C9H16N2O2S. The van der Waals surface area contributed by atoms with E-state index in [1.54, 1.807) is 11.8 Å². The van der Waals surface area contributed by atoms with Crippen molar-refractivity contribution in [2.75, 3.05) is 13.7 Å². The molecule has 1 aliphatic rings. The number of nitrogens with two attached hydrogens (primary N) is 1. The van der Waals surface area contributed by atoms with Crippen LogP contribution in [-0.2, 0) is 9.53 Å². The van der Waals surface area contributed by atoms with Gasteiger partial charge in [0.25, 0.3) is 5.91 Å². The van der Waals surface area contributed by atoms with Gasteiger partial charge in [-0.3, -0.25) is 4.79 Å². The smallest absolute Gasteiger partial charge is 0.251 e. The Labute approximate surface area is 89.4 Å². The number of ether oxygens (including phenoxy) is 1. The number of hydrogen-bond donors (Lipinski definition) is 1. The van der Waals surface area contributed by atoms with Gasteiger partial charge in [-0.1, -0.05) is 12.2 Å². The quantitative estimate of drug-likeness (QED) is 0.689. The predicted octanol–water partition coefficient (Wildman–Crippen LogP) is 0.298. The van der Waals surface area contributed by atoms with Gasteiger partial charge in [-0.05, 0) is 19.8 Å². The van der Waals surface area contributed by atoms with Crippen molar-refractivity contribution in [3.8, 4) is 0 Å². The summed E-state index contributed by atoms with van der Waals surface area (Å²) in [4.78, 5) is 13.9. The lowest BCUT2D eigenvalue weighted by Gasteiger charge is -2.26. The Kier molecular flexibility index (Phi) is 3.83. The van der Waals surface area contributed by atoms with Gasteiger partial charge in [0.1, 0.15) is 6.10 Å². The lowest BCUT2D eigenvalue weighted by Crippen LogP contribution is -2.46. The molecule has 2 unspecified atom stereocenters. The van der Waals surface area contributed by atoms with E-state index in [0.717, 1.165) is 19.4 Å². The maximum Gasteiger partial charge on any atom is 0.251 e. The monoisotopic (exact) mass is 216 g/mol. The fraction of sp³-hybridized carbons (Fsp3) is 0.778. The zero-order valence-electron chi connectivity index (χ0n) is 8.53. The first-order chi connectivity index (χ1) is 6.57. The number of carbonyl (C=O) groups is 1. The predicted molar refractivity (Wildman–Crippen MR) is 58.0 cm³/mol. The third-order valence-corrected chi connectivity index (χ3v) is 2.84. The van der Waals surface area contributed by atoms with Crippen LogP contribution >= 0.6 is 12.2 Å². The second kappa shape index (κ2) is 4.70. The van der Waals surface area contributed by atoms with Crippen LogP contribution in [0.1, 0.15) is 19.8 Å². The van der Waals surface area contributed by atoms with Crippen LogP contribution in [0, 0.1) is 0 Å². The molecule has 2 N–H and O–H groups in total. The number of rotatable bonds is 3. The zero-order chi connectivity index (χ0) is 10.7. The number of thiocarbonyl (C=S) groups is 1. The minimum Gasteiger partial charge on any atom is -0.392 e. The second-order valence-electron chi connectivity index (χ2n) is 3.47. The second-order valence-corrected chi connectivity index (χ2v) is 3.94. The molecule has 4 nitrogen and oxygen atoms in total. The minimum atomic E-state index is -0.412. The normalized spacial score (nSPS) is 23.6. The molecule has 1 heterocycles. The van der Waals surface area contributed by atoms with Gasteiger partial charge in [0, 0.05) is 13.7 Å². The van der Waals surface area contributed by atoms with Gasteiger partial charge in [0.05, 0.1) is 11.0 Å². The highest BCUT2D eigenvalue weighted by Crippen LogP contribution is 2.18. The molecule has 1 aliphatic heterocycles. The number of methoxy groups -OCH3 is 1. The number of nitrogens with zero attached hydrogens (tertiary/aromatic N) is 1. The van der Waals surface area contributed by atoms with Gasteiger partial charge < -0.3 is 15.4 Å². The topological polar surface area (TPSA) is 55.6 Å². The Bertz CT molecular complexity index is 245. The lowest BCUT2D eigenvalue weighted by molar-refractivity contribution is -0.140. The fourth-order valence-electron chi connectivity index (χ4n) is 1.66. The number of carbonyl (C=O) groups excluding carboxylic acids is 1. The molecule has 1 rings (SSSR count). The van der Waals surface area contributed by atoms with Crippen molar-refractivity contribution < 1.29 is 9.53 Å². The van der Waals surface area contributed by atoms with E-state index in [1.165, 1.54) is 7.11 Å². The van der Waals surface area contributed by atoms with Crippen LogP contribution in [-0.4, -0.2) is 41.6 Å². The molecule has 0 saturated carbocycles. The van der Waals surface area contributed by atoms with Crippen LogP contribution in [0.5, 0.6) is 0 Å². The summed E-state index contributed by atoms with van der Waals surface area (Å²) >= 11 is 4.92. The molecule has 1 fully saturated rings. The maximum atomic E-state index is 11.8. The number of amides is 1. The minimum absolute atomic E-state index is 0.0252. The average molecular weight is 216 g/mol. The molecule has 1 amide bonds. The van der Waals surface area contributed by atoms with Crippen molar-refractivity contribution in [1.29, 1.82) is 0 Å². The van der Waals surface area contributed by atoms with E-state index in [2.05, 4.69) is 0 Å². The van der Waals surface area contributed by atoms with E-state index < -0.39 is 6.10 Å². The standard InChI is InChI=1S/C9H16N2O2S/c1-6(13-2)9(12)11-5-3-4-7(11)8(10)14/h6-7H,3-5H2,1-2H3,(H2,10,14). The molecule has 1 saturated heterocycles. The first-order valence-electron chi connectivity index (χ1n) is 4.70. The maximum absolute atomic E-state index is 11.8. The summed E-state index contributed by atoms with van der Waals surface area (Å²) in [6.45, 7) is 2.46. The molecule has 2 atom stereocenters. The highest BCUT2D eigenvalue weighted by Gasteiger charge is 2.32. The summed E-state index contributed by atoms with van der Waals surface area (Å²) in [7, 11) is 1.52. The van der Waals surface area contributed by atoms with Crippen LogP contribution in [0.25, 0.3) is 0 Å². The summed E-state index contributed by atoms with van der Waals surface area (Å²) < 4.78 is 4.98. The van der Waals surface area contributed by atoms with Crippen molar-refractivity contribution in [2.45, 2.75) is 31.9 Å². The Morgan fingerprint density at radius 1 is 1.71 bits per heavy atom. The molecule has 80 valence electrons. The lowest BCUT2D eigenvalue weighted by atomic mass is 10.2. The van der Waals surface area contributed by atoms with Crippen LogP contribution < -0.4 is 5.73 Å². The first kappa shape index (κ1) is 11.4. The SMILES string of the molecule is COC(C)C(=O)N1CCCC1C(N)=S. The van der Waals surface area contributed by atoms with Gasteiger partial charge in [0.15, 0.2) is 0 Å². The van der Waals surface area contributed by atoms with E-state index in [1.807, 2.05) is 0 Å². The van der Waals surface area contributed by atoms with Gasteiger partial charge in [-0.2, -0.15) is 0 Å². The Balaban J connectivity index is 2.67. The molecule has 0 aromatic heterocycles. The third kappa shape index (κ3) is 2.22. The van der Waals surface area contributed by atoms with Crippen LogP contribution in [0.2, 0.25) is 0 Å². The Morgan fingerprint density at radius 3 is 2.86 bits per heavy atom. The Hall–Kier alpha value is -0.680. The summed E-state index contributed by atoms with van der Waals surface area (Å²) in [6, 6.07) is -0.0740. The van der Waals surface area contributed by atoms with Crippen molar-refractivity contribution in [3.63, 3.8) is 0 Å². The van der Waals surface area contributed by atoms with E-state index in [0.29, 0.717) is 4.99 Å². The van der Waals surface area contributed by atoms with Crippen LogP contribution in [0.3, 0.4) is 0 Å². The molecule has 0 aromatic rings. The number of hydrogen-bond acceptors (Lipinski definition) is 3. The fourth-order valence-corrected chi connectivity index (χ4v) is 1.91. The van der Waals surface area contributed by atoms with E-state index in [-0.39, 0.29) is 11.9 Å². The van der Waals surface area contributed by atoms with Crippen molar-refractivity contribution >= 4 is 23.1 Å².